The number of hydrogen-bond acceptors (Lipinski definition) is 7. The van der Waals surface area contributed by atoms with Crippen molar-refractivity contribution in [2.75, 3.05) is 11.1 Å². The molecule has 0 saturated carbocycles. The number of thioether (sulfide) groups is 1. The van der Waals surface area contributed by atoms with E-state index < -0.39 is 0 Å². The Morgan fingerprint density at radius 2 is 2.14 bits per heavy atom. The highest BCUT2D eigenvalue weighted by Crippen LogP contribution is 2.27. The van der Waals surface area contributed by atoms with E-state index in [-0.39, 0.29) is 5.91 Å². The van der Waals surface area contributed by atoms with Gasteiger partial charge in [-0.15, -0.1) is 10.2 Å². The Balaban J connectivity index is 1.47. The van der Waals surface area contributed by atoms with Crippen molar-refractivity contribution in [2.24, 2.45) is 0 Å². The number of aromatic nitrogens is 5. The third kappa shape index (κ3) is 3.70. The number of rotatable bonds is 7. The molecular formula is C19H20N6O2S. The van der Waals surface area contributed by atoms with E-state index in [1.165, 1.54) is 11.8 Å². The quantitative estimate of drug-likeness (QED) is 0.474. The van der Waals surface area contributed by atoms with Crippen molar-refractivity contribution in [3.8, 4) is 0 Å². The Kier molecular flexibility index (Phi) is 5.25. The van der Waals surface area contributed by atoms with Gasteiger partial charge in [0, 0.05) is 30.2 Å². The van der Waals surface area contributed by atoms with Crippen LogP contribution >= 0.6 is 11.8 Å². The number of amides is 1. The largest absolute Gasteiger partial charge is 0.360 e. The summed E-state index contributed by atoms with van der Waals surface area (Å²) in [5.41, 5.74) is 2.77. The second-order valence-electron chi connectivity index (χ2n) is 6.40. The summed E-state index contributed by atoms with van der Waals surface area (Å²) >= 11 is 1.41. The third-order valence-electron chi connectivity index (χ3n) is 4.26. The zero-order chi connectivity index (χ0) is 19.5. The molecule has 0 unspecified atom stereocenters. The van der Waals surface area contributed by atoms with Crippen LogP contribution in [-0.2, 0) is 11.3 Å². The number of fused-ring (bicyclic) bond motifs is 3. The van der Waals surface area contributed by atoms with Crippen molar-refractivity contribution in [3.05, 3.63) is 36.1 Å². The lowest BCUT2D eigenvalue weighted by atomic mass is 10.2. The van der Waals surface area contributed by atoms with Crippen LogP contribution in [-0.4, -0.2) is 36.6 Å². The van der Waals surface area contributed by atoms with Crippen LogP contribution in [0.5, 0.6) is 0 Å². The minimum Gasteiger partial charge on any atom is -0.360 e. The van der Waals surface area contributed by atoms with Gasteiger partial charge in [0.25, 0.3) is 0 Å². The normalized spacial score (nSPS) is 11.4. The Bertz CT molecular complexity index is 1140. The maximum absolute atomic E-state index is 12.0. The predicted molar refractivity (Wildman–Crippen MR) is 108 cm³/mol. The van der Waals surface area contributed by atoms with Crippen molar-refractivity contribution in [2.45, 2.75) is 38.4 Å². The van der Waals surface area contributed by atoms with Crippen LogP contribution in [0.2, 0.25) is 0 Å². The molecule has 0 atom stereocenters. The molecule has 0 spiro atoms. The van der Waals surface area contributed by atoms with E-state index in [2.05, 4.69) is 38.2 Å². The highest BCUT2D eigenvalue weighted by Gasteiger charge is 2.14. The predicted octanol–water partition coefficient (Wildman–Crippen LogP) is 3.81. The number of benzene rings is 1. The molecule has 0 fully saturated rings. The highest BCUT2D eigenvalue weighted by atomic mass is 32.2. The summed E-state index contributed by atoms with van der Waals surface area (Å²) in [5.74, 6) is 1.50. The first-order valence-corrected chi connectivity index (χ1v) is 10.1. The second kappa shape index (κ2) is 7.97. The van der Waals surface area contributed by atoms with Crippen LogP contribution in [0.25, 0.3) is 22.1 Å². The van der Waals surface area contributed by atoms with Crippen LogP contribution in [0, 0.1) is 6.92 Å². The number of para-hydroxylation sites is 1. The van der Waals surface area contributed by atoms with Gasteiger partial charge in [0.05, 0.1) is 5.52 Å². The van der Waals surface area contributed by atoms with Crippen molar-refractivity contribution in [1.82, 2.24) is 24.9 Å². The smallest absolute Gasteiger partial charge is 0.226 e. The molecular weight excluding hydrogens is 376 g/mol. The number of nitrogens with one attached hydrogen (secondary N) is 1. The number of anilines is 1. The number of carbonyl (C=O) groups excluding carboxylic acids is 1. The summed E-state index contributed by atoms with van der Waals surface area (Å²) in [7, 11) is 0. The lowest BCUT2D eigenvalue weighted by molar-refractivity contribution is -0.115. The van der Waals surface area contributed by atoms with E-state index in [4.69, 9.17) is 9.51 Å². The van der Waals surface area contributed by atoms with Gasteiger partial charge in [-0.25, -0.2) is 4.98 Å². The molecule has 3 aromatic heterocycles. The summed E-state index contributed by atoms with van der Waals surface area (Å²) in [6.45, 7) is 4.78. The molecule has 1 aromatic carbocycles. The molecule has 0 aliphatic carbocycles. The minimum absolute atomic E-state index is 0.130. The molecule has 0 aliphatic heterocycles. The maximum Gasteiger partial charge on any atom is 0.226 e. The second-order valence-corrected chi connectivity index (χ2v) is 7.47. The molecule has 0 radical (unpaired) electrons. The monoisotopic (exact) mass is 396 g/mol. The lowest BCUT2D eigenvalue weighted by Crippen LogP contribution is -2.12. The first-order chi connectivity index (χ1) is 13.7. The standard InChI is InChI=1S/C19H20N6O2S/c1-3-9-25-14-7-5-4-6-13(14)17-18(25)21-19(23-22-17)28-10-8-16(26)20-15-11-12(2)27-24-15/h4-7,11H,3,8-10H2,1-2H3,(H,20,24,26). The average molecular weight is 396 g/mol. The first kappa shape index (κ1) is 18.4. The Labute approximate surface area is 165 Å². The minimum atomic E-state index is -0.130. The van der Waals surface area contributed by atoms with E-state index in [9.17, 15) is 4.79 Å². The average Bonchev–Trinajstić information content (AvgIpc) is 3.23. The number of nitrogens with zero attached hydrogens (tertiary/aromatic N) is 5. The Morgan fingerprint density at radius 1 is 1.29 bits per heavy atom. The molecule has 4 rings (SSSR count). The molecule has 3 heterocycles. The van der Waals surface area contributed by atoms with Crippen molar-refractivity contribution < 1.29 is 9.32 Å². The molecule has 1 amide bonds. The molecule has 9 heteroatoms. The van der Waals surface area contributed by atoms with Gasteiger partial charge in [-0.3, -0.25) is 4.79 Å². The van der Waals surface area contributed by atoms with E-state index >= 15 is 0 Å². The van der Waals surface area contributed by atoms with Gasteiger partial charge >= 0.3 is 0 Å². The fourth-order valence-electron chi connectivity index (χ4n) is 3.07. The lowest BCUT2D eigenvalue weighted by Gasteiger charge is -2.05. The molecule has 8 nitrogen and oxygen atoms in total. The zero-order valence-corrected chi connectivity index (χ0v) is 16.5. The maximum atomic E-state index is 12.0. The Morgan fingerprint density at radius 3 is 2.93 bits per heavy atom. The highest BCUT2D eigenvalue weighted by molar-refractivity contribution is 7.99. The summed E-state index contributed by atoms with van der Waals surface area (Å²) in [6.07, 6.45) is 1.32. The molecule has 0 bridgehead atoms. The van der Waals surface area contributed by atoms with Crippen molar-refractivity contribution in [1.29, 1.82) is 0 Å². The van der Waals surface area contributed by atoms with Gasteiger partial charge in [-0.2, -0.15) is 0 Å². The number of hydrogen-bond donors (Lipinski definition) is 1. The molecule has 28 heavy (non-hydrogen) atoms. The van der Waals surface area contributed by atoms with Crippen LogP contribution in [0.1, 0.15) is 25.5 Å². The molecule has 144 valence electrons. The summed E-state index contributed by atoms with van der Waals surface area (Å²) in [6, 6.07) is 9.82. The molecule has 0 aliphatic rings. The molecule has 4 aromatic rings. The zero-order valence-electron chi connectivity index (χ0n) is 15.7. The van der Waals surface area contributed by atoms with Crippen molar-refractivity contribution in [3.63, 3.8) is 0 Å². The summed E-state index contributed by atoms with van der Waals surface area (Å²) in [5, 5.41) is 16.7. The topological polar surface area (TPSA) is 98.7 Å². The first-order valence-electron chi connectivity index (χ1n) is 9.13. The summed E-state index contributed by atoms with van der Waals surface area (Å²) in [4.78, 5) is 16.7. The third-order valence-corrected chi connectivity index (χ3v) is 5.10. The van der Waals surface area contributed by atoms with Crippen molar-refractivity contribution >= 4 is 45.6 Å². The number of carbonyl (C=O) groups is 1. The van der Waals surface area contributed by atoms with Gasteiger partial charge in [0.1, 0.15) is 11.3 Å². The molecule has 1 N–H and O–H groups in total. The van der Waals surface area contributed by atoms with Crippen LogP contribution in [0.15, 0.2) is 40.0 Å². The van der Waals surface area contributed by atoms with Gasteiger partial charge in [-0.1, -0.05) is 42.0 Å². The Hall–Kier alpha value is -2.94. The van der Waals surface area contributed by atoms with Crippen LogP contribution in [0.4, 0.5) is 5.82 Å². The van der Waals surface area contributed by atoms with Crippen LogP contribution in [0.3, 0.4) is 0 Å². The van der Waals surface area contributed by atoms with E-state index in [0.29, 0.717) is 28.9 Å². The van der Waals surface area contributed by atoms with E-state index in [0.717, 1.165) is 35.0 Å². The number of aryl methyl sites for hydroxylation is 2. The van der Waals surface area contributed by atoms with Gasteiger partial charge in [-0.05, 0) is 19.4 Å². The van der Waals surface area contributed by atoms with E-state index in [1.807, 2.05) is 18.2 Å². The van der Waals surface area contributed by atoms with Gasteiger partial charge in [0.15, 0.2) is 11.5 Å². The fourth-order valence-corrected chi connectivity index (χ4v) is 3.79. The van der Waals surface area contributed by atoms with E-state index in [1.54, 1.807) is 13.0 Å². The van der Waals surface area contributed by atoms with Gasteiger partial charge in [0.2, 0.25) is 11.1 Å². The summed E-state index contributed by atoms with van der Waals surface area (Å²) < 4.78 is 7.12. The SMILES string of the molecule is CCCn1c2ccccc2c2nnc(SCCC(=O)Nc3cc(C)on3)nc21. The molecule has 0 saturated heterocycles. The fraction of sp³-hybridized carbons (Fsp3) is 0.316. The van der Waals surface area contributed by atoms with Crippen LogP contribution < -0.4 is 5.32 Å². The van der Waals surface area contributed by atoms with Gasteiger partial charge < -0.3 is 14.4 Å².